The maximum atomic E-state index is 14.5. The van der Waals surface area contributed by atoms with Crippen LogP contribution < -0.4 is 21.3 Å². The lowest BCUT2D eigenvalue weighted by atomic mass is 10.0. The average Bonchev–Trinajstić information content (AvgIpc) is 1.65. The summed E-state index contributed by atoms with van der Waals surface area (Å²) in [6, 6.07) is 38.8. The molecular formula is C95H94F4N20O4. The normalized spacial score (nSPS) is 22.1. The fraction of sp³-hybridized carbons (Fsp3) is 0.326. The molecule has 4 aliphatic carbocycles. The second kappa shape index (κ2) is 35.3. The van der Waals surface area contributed by atoms with Crippen molar-refractivity contribution in [3.05, 3.63) is 287 Å². The number of nitrogens with zero attached hydrogens (tertiary/aromatic N) is 16. The van der Waals surface area contributed by atoms with Crippen molar-refractivity contribution < 1.29 is 36.7 Å². The van der Waals surface area contributed by atoms with Gasteiger partial charge in [-0.05, 0) is 266 Å². The topological polar surface area (TPSA) is 284 Å². The molecule has 8 fully saturated rings. The minimum Gasteiger partial charge on any atom is -0.365 e. The molecule has 4 amide bonds. The van der Waals surface area contributed by atoms with Gasteiger partial charge < -0.3 is 40.9 Å². The highest BCUT2D eigenvalue weighted by molar-refractivity contribution is 6.02. The van der Waals surface area contributed by atoms with Crippen molar-refractivity contribution in [2.75, 3.05) is 47.4 Å². The van der Waals surface area contributed by atoms with Gasteiger partial charge in [-0.1, -0.05) is 24.3 Å². The third-order valence-electron chi connectivity index (χ3n) is 24.8. The Balaban J connectivity index is 0.000000116. The highest BCUT2D eigenvalue weighted by Crippen LogP contribution is 2.46. The number of carbonyl (C=O) groups excluding carboxylic acids is 4. The number of piperidine rings is 4. The molecule has 12 atom stereocenters. The zero-order valence-electron chi connectivity index (χ0n) is 69.3. The van der Waals surface area contributed by atoms with Crippen LogP contribution in [0.2, 0.25) is 0 Å². The number of likely N-dealkylation sites (tertiary alicyclic amines) is 4. The van der Waals surface area contributed by atoms with E-state index < -0.39 is 23.3 Å². The van der Waals surface area contributed by atoms with Crippen LogP contribution in [-0.2, 0) is 0 Å². The van der Waals surface area contributed by atoms with E-state index in [-0.39, 0.29) is 112 Å². The molecule has 4 saturated heterocycles. The first-order chi connectivity index (χ1) is 59.6. The van der Waals surface area contributed by atoms with E-state index in [2.05, 4.69) is 81.1 Å². The lowest BCUT2D eigenvalue weighted by Crippen LogP contribution is -2.48. The number of aromatic nitrogens is 12. The fourth-order valence-electron chi connectivity index (χ4n) is 19.1. The second-order valence-corrected chi connectivity index (χ2v) is 33.7. The molecule has 626 valence electrons. The van der Waals surface area contributed by atoms with Crippen molar-refractivity contribution in [2.45, 2.75) is 148 Å². The number of anilines is 4. The molecule has 0 radical (unpaired) electrons. The molecule has 0 aromatic carbocycles. The number of hydrogen-bond donors (Lipinski definition) is 4. The van der Waals surface area contributed by atoms with Crippen molar-refractivity contribution in [3.8, 4) is 45.2 Å². The quantitative estimate of drug-likeness (QED) is 0.0654. The Hall–Kier alpha value is -13.4. The lowest BCUT2D eigenvalue weighted by molar-refractivity contribution is 0.0679. The third kappa shape index (κ3) is 17.5. The van der Waals surface area contributed by atoms with Gasteiger partial charge in [0.25, 0.3) is 23.6 Å². The van der Waals surface area contributed by atoms with E-state index in [9.17, 15) is 36.7 Å². The molecule has 123 heavy (non-hydrogen) atoms. The highest BCUT2D eigenvalue weighted by Gasteiger charge is 2.52. The van der Waals surface area contributed by atoms with Gasteiger partial charge in [-0.15, -0.1) is 0 Å². The summed E-state index contributed by atoms with van der Waals surface area (Å²) < 4.78 is 57.8. The van der Waals surface area contributed by atoms with E-state index in [1.165, 1.54) is 67.3 Å². The summed E-state index contributed by atoms with van der Waals surface area (Å²) >= 11 is 0. The van der Waals surface area contributed by atoms with Crippen LogP contribution >= 0.6 is 0 Å². The number of hydrogen-bond acceptors (Lipinski definition) is 20. The molecule has 0 spiro atoms. The summed E-state index contributed by atoms with van der Waals surface area (Å²) in [5, 5.41) is 14.0. The predicted molar refractivity (Wildman–Crippen MR) is 460 cm³/mol. The van der Waals surface area contributed by atoms with E-state index in [1.807, 2.05) is 141 Å². The second-order valence-electron chi connectivity index (χ2n) is 33.7. The van der Waals surface area contributed by atoms with Gasteiger partial charge >= 0.3 is 0 Å². The predicted octanol–water partition coefficient (Wildman–Crippen LogP) is 15.7. The van der Waals surface area contributed by atoms with E-state index in [4.69, 9.17) is 0 Å². The van der Waals surface area contributed by atoms with Crippen LogP contribution in [0.3, 0.4) is 0 Å². The van der Waals surface area contributed by atoms with Crippen molar-refractivity contribution in [2.24, 2.45) is 23.7 Å². The zero-order valence-corrected chi connectivity index (χ0v) is 69.3. The molecule has 24 nitrogen and oxygen atoms in total. The number of halogens is 4. The van der Waals surface area contributed by atoms with E-state index in [1.54, 1.807) is 61.1 Å². The summed E-state index contributed by atoms with van der Waals surface area (Å²) in [5.41, 5.74) is 10.1. The Morgan fingerprint density at radius 1 is 0.317 bits per heavy atom. The fourth-order valence-corrected chi connectivity index (χ4v) is 19.1. The number of fused-ring (bicyclic) bond motifs is 8. The average molecular weight is 1660 g/mol. The zero-order chi connectivity index (χ0) is 85.3. The smallest absolute Gasteiger partial charge is 0.273 e. The van der Waals surface area contributed by atoms with E-state index in [0.29, 0.717) is 83.5 Å². The molecule has 28 heteroatoms. The number of aryl methyl sites for hydroxylation is 7. The van der Waals surface area contributed by atoms with Gasteiger partial charge in [-0.25, -0.2) is 42.5 Å². The van der Waals surface area contributed by atoms with Gasteiger partial charge in [-0.2, -0.15) is 0 Å². The molecular weight excluding hydrogens is 1560 g/mol. The summed E-state index contributed by atoms with van der Waals surface area (Å²) in [5.74, 6) is 2.56. The molecule has 4 N–H and O–H groups in total. The number of carbonyl (C=O) groups is 4. The van der Waals surface area contributed by atoms with Crippen LogP contribution in [0, 0.1) is 95.4 Å². The van der Waals surface area contributed by atoms with Gasteiger partial charge in [0, 0.05) is 141 Å². The Bertz CT molecular complexity index is 5620. The minimum atomic E-state index is -0.485. The van der Waals surface area contributed by atoms with Crippen LogP contribution in [0.5, 0.6) is 0 Å². The van der Waals surface area contributed by atoms with Crippen LogP contribution in [0.4, 0.5) is 40.8 Å². The van der Waals surface area contributed by atoms with E-state index >= 15 is 0 Å². The molecule has 16 heterocycles. The molecule has 8 bridgehead atoms. The van der Waals surface area contributed by atoms with Crippen molar-refractivity contribution in [1.29, 1.82) is 0 Å². The van der Waals surface area contributed by atoms with Crippen molar-refractivity contribution >= 4 is 46.9 Å². The first-order valence-corrected chi connectivity index (χ1v) is 41.9. The highest BCUT2D eigenvalue weighted by atomic mass is 19.1. The summed E-state index contributed by atoms with van der Waals surface area (Å²) in [7, 11) is 0. The van der Waals surface area contributed by atoms with Crippen molar-refractivity contribution in [3.63, 3.8) is 0 Å². The van der Waals surface area contributed by atoms with Crippen LogP contribution in [0.25, 0.3) is 45.2 Å². The number of nitrogens with one attached hydrogen (secondary N) is 4. The summed E-state index contributed by atoms with van der Waals surface area (Å²) in [6.45, 7) is 16.4. The van der Waals surface area contributed by atoms with Gasteiger partial charge in [0.05, 0.1) is 29.7 Å². The molecule has 12 aromatic heterocycles. The van der Waals surface area contributed by atoms with Gasteiger partial charge in [0.15, 0.2) is 5.82 Å². The molecule has 4 saturated carbocycles. The third-order valence-corrected chi connectivity index (χ3v) is 24.8. The number of pyridine rings is 12. The maximum absolute atomic E-state index is 14.5. The van der Waals surface area contributed by atoms with Gasteiger partial charge in [-0.3, -0.25) is 54.1 Å². The van der Waals surface area contributed by atoms with Gasteiger partial charge in [0.1, 0.15) is 86.3 Å². The SMILES string of the molecule is Cc1ccc(NC2CC3CC2N(C(=O)c2cc(C)cnc2-c2ncccc2F)C3)nc1.Cc1ccc(NC2CC3CC2N(C(=O)c2nc(C)ccc2-c2ncccc2F)C3)nc1.Cc1ccc(NC2CC3CC2N(C(=O)c2nccc(C)c2-c2ncccc2F)C3)nc1.Cc1ccc(NC2CC3CC2N(C(=O)c2ncccc2-c2ncccc2F)C3)nc1. The Labute approximate surface area is 710 Å². The largest absolute Gasteiger partial charge is 0.365 e. The molecule has 12 aromatic rings. The monoisotopic (exact) mass is 1650 g/mol. The Kier molecular flexibility index (Phi) is 23.5. The van der Waals surface area contributed by atoms with Crippen LogP contribution in [0.1, 0.15) is 132 Å². The number of rotatable bonds is 16. The van der Waals surface area contributed by atoms with E-state index in [0.717, 1.165) is 108 Å². The van der Waals surface area contributed by atoms with Crippen LogP contribution in [0.15, 0.2) is 202 Å². The number of amides is 4. The lowest BCUT2D eigenvalue weighted by Gasteiger charge is -2.34. The summed E-state index contributed by atoms with van der Waals surface area (Å²) in [4.78, 5) is 114. The first kappa shape index (κ1) is 81.9. The Morgan fingerprint density at radius 3 is 1.07 bits per heavy atom. The molecule has 8 aliphatic rings. The minimum absolute atomic E-state index is 0.0596. The molecule has 4 aliphatic heterocycles. The Morgan fingerprint density at radius 2 is 0.667 bits per heavy atom. The van der Waals surface area contributed by atoms with Crippen molar-refractivity contribution in [1.82, 2.24) is 79.4 Å². The molecule has 12 unspecified atom stereocenters. The van der Waals surface area contributed by atoms with Crippen LogP contribution in [-0.4, -0.2) is 178 Å². The summed E-state index contributed by atoms with van der Waals surface area (Å²) in [6.07, 6.45) is 26.1. The first-order valence-electron chi connectivity index (χ1n) is 41.9. The molecule has 20 rings (SSSR count). The van der Waals surface area contributed by atoms with Gasteiger partial charge in [0.2, 0.25) is 0 Å². The maximum Gasteiger partial charge on any atom is 0.273 e. The standard InChI is InChI=1S/3C24H24FN5O.C23H22FN5O/c1-14-5-8-21(27-12-14)29-19-10-16-11-20(19)30(13-16)24(31)23-17(7-6-15(2)28-23)22-18(25)4-3-9-26-22;1-14-5-6-20(28-12-14)29-18-10-16-11-19(18)30(13-16)24(31)23-21(15(2)7-9-27-23)22-17(25)4-3-8-26-22;1-14-5-6-21(27-11-14)29-19-9-16-10-20(19)30(13-16)24(31)17-8-15(2)12-28-22(17)23-18(25)4-3-7-26-23;1-14-6-7-20(27-12-14)28-18-10-15-11-19(18)29(13-15)23(30)22-16(4-2-8-26-22)21-17(24)5-3-9-25-21/h3-9,12,16,19-20H,10-11,13H2,1-2H3,(H,27,29);3-9,12,16,18-19H,10-11,13H2,1-2H3,(H,28,29);3-8,11-12,16,19-20H,9-10,13H2,1-2H3,(H,27,29);2-9,12,15,18-19H,10-11,13H2,1H3,(H,27,28).